The van der Waals surface area contributed by atoms with Gasteiger partial charge in [-0.25, -0.2) is 0 Å². The van der Waals surface area contributed by atoms with Gasteiger partial charge in [-0.15, -0.1) is 0 Å². The molecule has 0 radical (unpaired) electrons. The molecule has 0 saturated carbocycles. The normalized spacial score (nSPS) is 21.0. The Bertz CT molecular complexity index is 690. The molecule has 2 aliphatic rings. The second-order valence-electron chi connectivity index (χ2n) is 7.98. The number of carbonyl (C=O) groups is 2. The molecule has 1 aromatic carbocycles. The molecule has 1 aromatic rings. The lowest BCUT2D eigenvalue weighted by atomic mass is 10.00. The number of hydrogen-bond acceptors (Lipinski definition) is 5. The van der Waals surface area contributed by atoms with Crippen molar-refractivity contribution in [2.24, 2.45) is 0 Å². The molecular weight excluding hydrogens is 384 g/mol. The molecule has 2 atom stereocenters. The van der Waals surface area contributed by atoms with E-state index < -0.39 is 0 Å². The van der Waals surface area contributed by atoms with Gasteiger partial charge in [-0.1, -0.05) is 18.2 Å². The first kappa shape index (κ1) is 22.7. The van der Waals surface area contributed by atoms with E-state index in [1.807, 2.05) is 29.2 Å². The molecule has 0 bridgehead atoms. The Hall–Kier alpha value is -1.96. The van der Waals surface area contributed by atoms with Crippen molar-refractivity contribution in [2.45, 2.75) is 57.2 Å². The third-order valence-electron chi connectivity index (χ3n) is 5.67. The number of anilines is 1. The summed E-state index contributed by atoms with van der Waals surface area (Å²) < 4.78 is 17.0. The van der Waals surface area contributed by atoms with Crippen LogP contribution in [0.2, 0.25) is 0 Å². The first-order chi connectivity index (χ1) is 14.7. The molecule has 0 spiro atoms. The van der Waals surface area contributed by atoms with Gasteiger partial charge in [-0.05, 0) is 38.2 Å². The topological polar surface area (TPSA) is 77.1 Å². The third-order valence-corrected chi connectivity index (χ3v) is 5.67. The number of nitrogens with one attached hydrogen (secondary N) is 1. The number of carbonyl (C=O) groups excluding carboxylic acids is 2. The van der Waals surface area contributed by atoms with E-state index in [0.717, 1.165) is 50.0 Å². The molecule has 166 valence electrons. The molecule has 2 heterocycles. The van der Waals surface area contributed by atoms with E-state index in [1.54, 1.807) is 7.11 Å². The van der Waals surface area contributed by atoms with Crippen molar-refractivity contribution in [1.82, 2.24) is 4.90 Å². The summed E-state index contributed by atoms with van der Waals surface area (Å²) in [6.45, 7) is 3.09. The van der Waals surface area contributed by atoms with E-state index in [-0.39, 0.29) is 24.0 Å². The predicted molar refractivity (Wildman–Crippen MR) is 114 cm³/mol. The minimum absolute atomic E-state index is 0.0207. The Labute approximate surface area is 179 Å². The highest BCUT2D eigenvalue weighted by atomic mass is 16.5. The lowest BCUT2D eigenvalue weighted by Crippen LogP contribution is -2.41. The quantitative estimate of drug-likeness (QED) is 0.558. The highest BCUT2D eigenvalue weighted by molar-refractivity contribution is 5.94. The predicted octanol–water partition coefficient (Wildman–Crippen LogP) is 3.30. The average Bonchev–Trinajstić information content (AvgIpc) is 2.76. The third kappa shape index (κ3) is 6.79. The summed E-state index contributed by atoms with van der Waals surface area (Å²) in [5.41, 5.74) is 1.85. The van der Waals surface area contributed by atoms with Crippen molar-refractivity contribution in [1.29, 1.82) is 0 Å². The van der Waals surface area contributed by atoms with Crippen LogP contribution in [0.15, 0.2) is 24.3 Å². The van der Waals surface area contributed by atoms with Crippen LogP contribution in [0.1, 0.15) is 56.6 Å². The fraction of sp³-hybridized carbons (Fsp3) is 0.652. The smallest absolute Gasteiger partial charge is 0.227 e. The summed E-state index contributed by atoms with van der Waals surface area (Å²) in [5.74, 6) is 0.121. The molecule has 7 nitrogen and oxygen atoms in total. The number of fused-ring (bicyclic) bond motifs is 1. The van der Waals surface area contributed by atoms with Gasteiger partial charge in [-0.2, -0.15) is 0 Å². The number of ether oxygens (including phenoxy) is 3. The molecule has 7 heteroatoms. The van der Waals surface area contributed by atoms with E-state index in [4.69, 9.17) is 14.2 Å². The van der Waals surface area contributed by atoms with Crippen LogP contribution >= 0.6 is 0 Å². The Kier molecular flexibility index (Phi) is 9.11. The molecule has 0 aliphatic carbocycles. The van der Waals surface area contributed by atoms with Gasteiger partial charge in [0.2, 0.25) is 11.8 Å². The maximum Gasteiger partial charge on any atom is 0.227 e. The number of nitrogens with zero attached hydrogens (tertiary/aromatic N) is 1. The second kappa shape index (κ2) is 12.0. The van der Waals surface area contributed by atoms with Gasteiger partial charge in [0.05, 0.1) is 25.2 Å². The van der Waals surface area contributed by atoms with Gasteiger partial charge in [0.1, 0.15) is 0 Å². The van der Waals surface area contributed by atoms with E-state index in [1.165, 1.54) is 0 Å². The zero-order valence-electron chi connectivity index (χ0n) is 17.9. The van der Waals surface area contributed by atoms with E-state index in [2.05, 4.69) is 5.32 Å². The van der Waals surface area contributed by atoms with Crippen LogP contribution in [-0.2, 0) is 23.8 Å². The zero-order valence-corrected chi connectivity index (χ0v) is 17.9. The molecule has 2 amide bonds. The standard InChI is InChI=1S/C23H34N2O5/c1-28-15-12-25(17-18-8-4-6-13-29-18)23(27)11-5-7-14-30-21-16-22(26)24-20-10-3-2-9-19(20)21/h2-3,9-10,18,21H,4-8,11-17H2,1H3,(H,24,26). The van der Waals surface area contributed by atoms with Crippen molar-refractivity contribution < 1.29 is 23.8 Å². The monoisotopic (exact) mass is 418 g/mol. The molecule has 30 heavy (non-hydrogen) atoms. The number of amides is 2. The van der Waals surface area contributed by atoms with Crippen molar-refractivity contribution in [3.05, 3.63) is 29.8 Å². The second-order valence-corrected chi connectivity index (χ2v) is 7.98. The number of rotatable bonds is 11. The SMILES string of the molecule is COCCN(CC1CCCCO1)C(=O)CCCCOC1CC(=O)Nc2ccccc21. The van der Waals surface area contributed by atoms with Gasteiger partial charge < -0.3 is 24.4 Å². The lowest BCUT2D eigenvalue weighted by molar-refractivity contribution is -0.134. The minimum Gasteiger partial charge on any atom is -0.383 e. The fourth-order valence-electron chi connectivity index (χ4n) is 4.00. The lowest BCUT2D eigenvalue weighted by Gasteiger charge is -2.30. The van der Waals surface area contributed by atoms with Crippen LogP contribution in [0, 0.1) is 0 Å². The first-order valence-electron chi connectivity index (χ1n) is 11.1. The molecule has 3 rings (SSSR count). The fourth-order valence-corrected chi connectivity index (χ4v) is 4.00. The van der Waals surface area contributed by atoms with Crippen LogP contribution < -0.4 is 5.32 Å². The molecule has 1 N–H and O–H groups in total. The highest BCUT2D eigenvalue weighted by Crippen LogP contribution is 2.32. The van der Waals surface area contributed by atoms with Gasteiger partial charge in [-0.3, -0.25) is 9.59 Å². The van der Waals surface area contributed by atoms with Crippen molar-refractivity contribution in [3.8, 4) is 0 Å². The number of unbranched alkanes of at least 4 members (excludes halogenated alkanes) is 1. The van der Waals surface area contributed by atoms with E-state index in [0.29, 0.717) is 39.1 Å². The molecule has 2 aliphatic heterocycles. The maximum atomic E-state index is 12.7. The zero-order chi connectivity index (χ0) is 21.2. The summed E-state index contributed by atoms with van der Waals surface area (Å²) in [7, 11) is 1.65. The average molecular weight is 419 g/mol. The van der Waals surface area contributed by atoms with Crippen molar-refractivity contribution >= 4 is 17.5 Å². The number of hydrogen-bond donors (Lipinski definition) is 1. The summed E-state index contributed by atoms with van der Waals surface area (Å²) in [6.07, 6.45) is 5.57. The van der Waals surface area contributed by atoms with Gasteiger partial charge in [0.25, 0.3) is 0 Å². The Morgan fingerprint density at radius 2 is 2.10 bits per heavy atom. The van der Waals surface area contributed by atoms with Crippen molar-refractivity contribution in [3.63, 3.8) is 0 Å². The van der Waals surface area contributed by atoms with Crippen LogP contribution in [0.4, 0.5) is 5.69 Å². The van der Waals surface area contributed by atoms with Crippen molar-refractivity contribution in [2.75, 3.05) is 45.3 Å². The van der Waals surface area contributed by atoms with E-state index >= 15 is 0 Å². The summed E-state index contributed by atoms with van der Waals surface area (Å²) in [6, 6.07) is 7.74. The molecule has 0 aromatic heterocycles. The largest absolute Gasteiger partial charge is 0.383 e. The van der Waals surface area contributed by atoms with Crippen LogP contribution in [0.25, 0.3) is 0 Å². The summed E-state index contributed by atoms with van der Waals surface area (Å²) >= 11 is 0. The van der Waals surface area contributed by atoms with Gasteiger partial charge >= 0.3 is 0 Å². The van der Waals surface area contributed by atoms with Crippen LogP contribution in [0.3, 0.4) is 0 Å². The molecule has 2 unspecified atom stereocenters. The molecule has 1 fully saturated rings. The summed E-state index contributed by atoms with van der Waals surface area (Å²) in [4.78, 5) is 26.5. The van der Waals surface area contributed by atoms with Gasteiger partial charge in [0.15, 0.2) is 0 Å². The van der Waals surface area contributed by atoms with E-state index in [9.17, 15) is 9.59 Å². The first-order valence-corrected chi connectivity index (χ1v) is 11.1. The Balaban J connectivity index is 1.40. The number of para-hydroxylation sites is 1. The Morgan fingerprint density at radius 1 is 1.23 bits per heavy atom. The molecule has 1 saturated heterocycles. The van der Waals surface area contributed by atoms with Gasteiger partial charge in [0, 0.05) is 51.1 Å². The number of benzene rings is 1. The highest BCUT2D eigenvalue weighted by Gasteiger charge is 2.25. The van der Waals surface area contributed by atoms with Crippen LogP contribution in [-0.4, -0.2) is 62.8 Å². The summed E-state index contributed by atoms with van der Waals surface area (Å²) in [5, 5.41) is 2.88. The maximum absolute atomic E-state index is 12.7. The number of methoxy groups -OCH3 is 1. The molecular formula is C23H34N2O5. The Morgan fingerprint density at radius 3 is 2.90 bits per heavy atom. The minimum atomic E-state index is -0.215. The van der Waals surface area contributed by atoms with Crippen LogP contribution in [0.5, 0.6) is 0 Å².